The number of nitrogens with one attached hydrogen (secondary N) is 1. The summed E-state index contributed by atoms with van der Waals surface area (Å²) in [5.41, 5.74) is 2.05. The van der Waals surface area contributed by atoms with Crippen LogP contribution in [0.15, 0.2) is 59.8 Å². The lowest BCUT2D eigenvalue weighted by Crippen LogP contribution is -2.19. The molecule has 29 heavy (non-hydrogen) atoms. The van der Waals surface area contributed by atoms with Gasteiger partial charge < -0.3 is 9.88 Å². The van der Waals surface area contributed by atoms with Gasteiger partial charge in [-0.05, 0) is 37.5 Å². The molecule has 1 heterocycles. The van der Waals surface area contributed by atoms with Gasteiger partial charge in [0.15, 0.2) is 10.9 Å². The van der Waals surface area contributed by atoms with Crippen LogP contribution in [0.25, 0.3) is 0 Å². The van der Waals surface area contributed by atoms with Crippen LogP contribution in [0, 0.1) is 0 Å². The summed E-state index contributed by atoms with van der Waals surface area (Å²) in [6.07, 6.45) is 2.29. The first-order valence-electron chi connectivity index (χ1n) is 9.55. The number of amides is 1. The number of benzene rings is 2. The first-order valence-corrected chi connectivity index (χ1v) is 10.4. The van der Waals surface area contributed by atoms with Crippen LogP contribution >= 0.6 is 11.8 Å². The maximum Gasteiger partial charge on any atom is 0.242 e. The number of hydrogen-bond donors (Lipinski definition) is 1. The minimum Gasteiger partial charge on any atom is -0.325 e. The van der Waals surface area contributed by atoms with Crippen LogP contribution in [-0.2, 0) is 11.8 Å². The number of hydrogen-bond acceptors (Lipinski definition) is 5. The summed E-state index contributed by atoms with van der Waals surface area (Å²) in [5, 5.41) is 11.8. The van der Waals surface area contributed by atoms with Gasteiger partial charge in [-0.15, -0.1) is 10.2 Å². The molecule has 1 aliphatic rings. The number of carbonyl (C=O) groups is 2. The van der Waals surface area contributed by atoms with Gasteiger partial charge in [-0.3, -0.25) is 9.59 Å². The van der Waals surface area contributed by atoms with Crippen molar-refractivity contribution >= 4 is 29.1 Å². The zero-order chi connectivity index (χ0) is 20.4. The van der Waals surface area contributed by atoms with Gasteiger partial charge in [0.25, 0.3) is 0 Å². The van der Waals surface area contributed by atoms with Gasteiger partial charge in [-0.2, -0.15) is 0 Å². The molecule has 1 aliphatic carbocycles. The van der Waals surface area contributed by atoms with Crippen molar-refractivity contribution in [2.24, 2.45) is 7.05 Å². The van der Waals surface area contributed by atoms with E-state index in [0.717, 1.165) is 24.2 Å². The zero-order valence-corrected chi connectivity index (χ0v) is 17.1. The highest BCUT2D eigenvalue weighted by Gasteiger charge is 2.31. The smallest absolute Gasteiger partial charge is 0.242 e. The number of carbonyl (C=O) groups excluding carboxylic acids is 2. The molecule has 1 aromatic heterocycles. The molecule has 0 spiro atoms. The molecule has 4 rings (SSSR count). The molecule has 0 unspecified atom stereocenters. The van der Waals surface area contributed by atoms with Crippen molar-refractivity contribution in [2.75, 3.05) is 5.32 Å². The molecule has 148 valence electrons. The molecular formula is C22H22N4O2S. The number of anilines is 1. The molecule has 3 aromatic rings. The normalized spacial score (nSPS) is 14.4. The van der Waals surface area contributed by atoms with Crippen LogP contribution in [0.4, 0.5) is 5.69 Å². The Kier molecular flexibility index (Phi) is 5.49. The SMILES string of the molecule is CC(=O)c1cccc(NC(=O)[C@@H](Sc2nnc(C3CC3)n2C)c2ccccc2)c1. The Morgan fingerprint density at radius 1 is 1.10 bits per heavy atom. The van der Waals surface area contributed by atoms with Crippen LogP contribution in [0.1, 0.15) is 52.7 Å². The lowest BCUT2D eigenvalue weighted by atomic mass is 10.1. The van der Waals surface area contributed by atoms with E-state index in [1.165, 1.54) is 18.7 Å². The van der Waals surface area contributed by atoms with E-state index in [-0.39, 0.29) is 11.7 Å². The fraction of sp³-hybridized carbons (Fsp3) is 0.273. The number of Topliss-reactive ketones (excluding diaryl/α,β-unsaturated/α-hetero) is 1. The maximum atomic E-state index is 13.2. The van der Waals surface area contributed by atoms with Gasteiger partial charge in [0.05, 0.1) is 0 Å². The zero-order valence-electron chi connectivity index (χ0n) is 16.3. The van der Waals surface area contributed by atoms with E-state index in [9.17, 15) is 9.59 Å². The number of nitrogens with zero attached hydrogens (tertiary/aromatic N) is 3. The third-order valence-electron chi connectivity index (χ3n) is 4.91. The average Bonchev–Trinajstić information content (AvgIpc) is 3.50. The van der Waals surface area contributed by atoms with Crippen molar-refractivity contribution in [3.63, 3.8) is 0 Å². The average molecular weight is 407 g/mol. The quantitative estimate of drug-likeness (QED) is 0.466. The summed E-state index contributed by atoms with van der Waals surface area (Å²) in [6.45, 7) is 1.51. The van der Waals surface area contributed by atoms with Crippen molar-refractivity contribution in [1.82, 2.24) is 14.8 Å². The van der Waals surface area contributed by atoms with E-state index in [0.29, 0.717) is 22.3 Å². The molecular weight excluding hydrogens is 384 g/mol. The van der Waals surface area contributed by atoms with Crippen LogP contribution in [0.5, 0.6) is 0 Å². The molecule has 1 amide bonds. The van der Waals surface area contributed by atoms with Gasteiger partial charge >= 0.3 is 0 Å². The first kappa shape index (κ1) is 19.4. The Hall–Kier alpha value is -2.93. The van der Waals surface area contributed by atoms with E-state index in [1.807, 2.05) is 41.9 Å². The first-order chi connectivity index (χ1) is 14.0. The summed E-state index contributed by atoms with van der Waals surface area (Å²) in [7, 11) is 1.95. The predicted octanol–water partition coefficient (Wildman–Crippen LogP) is 4.37. The Balaban J connectivity index is 1.60. The van der Waals surface area contributed by atoms with Crippen LogP contribution in [0.3, 0.4) is 0 Å². The molecule has 1 saturated carbocycles. The standard InChI is InChI=1S/C22H22N4O2S/c1-14(27)17-9-6-10-18(13-17)23-21(28)19(15-7-4-3-5-8-15)29-22-25-24-20(26(22)2)16-11-12-16/h3-10,13,16,19H,11-12H2,1-2H3,(H,23,28)/t19-/m0/s1. The molecule has 0 bridgehead atoms. The van der Waals surface area contributed by atoms with Gasteiger partial charge in [0.1, 0.15) is 11.1 Å². The number of aromatic nitrogens is 3. The largest absolute Gasteiger partial charge is 0.325 e. The van der Waals surface area contributed by atoms with E-state index in [4.69, 9.17) is 0 Å². The molecule has 2 aromatic carbocycles. The Labute approximate surface area is 173 Å². The Morgan fingerprint density at radius 2 is 1.86 bits per heavy atom. The Bertz CT molecular complexity index is 1040. The Morgan fingerprint density at radius 3 is 2.55 bits per heavy atom. The molecule has 1 fully saturated rings. The molecule has 7 heteroatoms. The van der Waals surface area contributed by atoms with E-state index in [1.54, 1.807) is 24.3 Å². The number of ketones is 1. The van der Waals surface area contributed by atoms with Crippen LogP contribution < -0.4 is 5.32 Å². The summed E-state index contributed by atoms with van der Waals surface area (Å²) >= 11 is 1.38. The monoisotopic (exact) mass is 406 g/mol. The fourth-order valence-electron chi connectivity index (χ4n) is 3.16. The molecule has 0 radical (unpaired) electrons. The van der Waals surface area contributed by atoms with Gasteiger partial charge in [0.2, 0.25) is 5.91 Å². The molecule has 0 saturated heterocycles. The second kappa shape index (κ2) is 8.21. The molecule has 6 nitrogen and oxygen atoms in total. The van der Waals surface area contributed by atoms with Crippen LogP contribution in [-0.4, -0.2) is 26.5 Å². The molecule has 0 aliphatic heterocycles. The highest BCUT2D eigenvalue weighted by atomic mass is 32.2. The molecule has 1 atom stereocenters. The maximum absolute atomic E-state index is 13.2. The second-order valence-corrected chi connectivity index (χ2v) is 8.28. The van der Waals surface area contributed by atoms with Gasteiger partial charge in [-0.25, -0.2) is 0 Å². The van der Waals surface area contributed by atoms with E-state index >= 15 is 0 Å². The topological polar surface area (TPSA) is 76.9 Å². The van der Waals surface area contributed by atoms with Gasteiger partial charge in [-0.1, -0.05) is 54.2 Å². The number of rotatable bonds is 7. The highest BCUT2D eigenvalue weighted by Crippen LogP contribution is 2.41. The second-order valence-electron chi connectivity index (χ2n) is 7.21. The van der Waals surface area contributed by atoms with Crippen molar-refractivity contribution in [3.8, 4) is 0 Å². The van der Waals surface area contributed by atoms with Crippen LogP contribution in [0.2, 0.25) is 0 Å². The predicted molar refractivity (Wildman–Crippen MR) is 113 cm³/mol. The van der Waals surface area contributed by atoms with Gasteiger partial charge in [0, 0.05) is 24.2 Å². The summed E-state index contributed by atoms with van der Waals surface area (Å²) < 4.78 is 1.99. The lowest BCUT2D eigenvalue weighted by molar-refractivity contribution is -0.115. The van der Waals surface area contributed by atoms with Crippen molar-refractivity contribution in [2.45, 2.75) is 36.1 Å². The highest BCUT2D eigenvalue weighted by molar-refractivity contribution is 8.00. The lowest BCUT2D eigenvalue weighted by Gasteiger charge is -2.17. The molecule has 1 N–H and O–H groups in total. The summed E-state index contributed by atoms with van der Waals surface area (Å²) in [6, 6.07) is 16.6. The van der Waals surface area contributed by atoms with E-state index < -0.39 is 5.25 Å². The minimum absolute atomic E-state index is 0.0400. The summed E-state index contributed by atoms with van der Waals surface area (Å²) in [4.78, 5) is 24.8. The third-order valence-corrected chi connectivity index (χ3v) is 6.20. The van der Waals surface area contributed by atoms with Crippen molar-refractivity contribution in [1.29, 1.82) is 0 Å². The fourth-order valence-corrected chi connectivity index (χ4v) is 4.17. The number of thioether (sulfide) groups is 1. The third kappa shape index (κ3) is 4.40. The minimum atomic E-state index is -0.493. The van der Waals surface area contributed by atoms with Crippen molar-refractivity contribution in [3.05, 3.63) is 71.5 Å². The van der Waals surface area contributed by atoms with Crippen molar-refractivity contribution < 1.29 is 9.59 Å². The van der Waals surface area contributed by atoms with E-state index in [2.05, 4.69) is 15.5 Å². The summed E-state index contributed by atoms with van der Waals surface area (Å²) in [5.74, 6) is 1.26.